The molecule has 4 aromatic carbocycles. The van der Waals surface area contributed by atoms with E-state index in [2.05, 4.69) is 121 Å². The van der Waals surface area contributed by atoms with E-state index >= 15 is 0 Å². The van der Waals surface area contributed by atoms with E-state index in [1.807, 2.05) is 0 Å². The van der Waals surface area contributed by atoms with Crippen molar-refractivity contribution < 1.29 is 9.25 Å². The number of nitrogens with zero attached hydrogens (tertiary/aromatic N) is 3. The number of nitrogens with one attached hydrogen (secondary N) is 2. The van der Waals surface area contributed by atoms with E-state index in [-0.39, 0.29) is 16.7 Å². The minimum atomic E-state index is -0.556. The molecule has 5 heterocycles. The molecule has 3 atom stereocenters. The van der Waals surface area contributed by atoms with Crippen LogP contribution in [0, 0.1) is 0 Å². The van der Waals surface area contributed by atoms with E-state index in [1.165, 1.54) is 83.7 Å². The second kappa shape index (κ2) is 6.96. The van der Waals surface area contributed by atoms with Crippen molar-refractivity contribution in [1.82, 2.24) is 15.7 Å². The molecule has 0 saturated heterocycles. The standard InChI is InChI=1S/C40H35N5/c1-37(2)19-41-39-32-21(7-5-9-27(32)37)17-23-11-13-25-26-14-12-24-18-22-8-6-10-28-33(22)40(42-20-38(28,3)4)35(24)30(26)31(29(25)34(23)39)36-44(39)16-15-43-45(36)40/h5-16,31,41-42H,17-20H2,1-4H3/q+2. The summed E-state index contributed by atoms with van der Waals surface area (Å²) in [5.41, 5.74) is 19.4. The van der Waals surface area contributed by atoms with Gasteiger partial charge >= 0.3 is 11.5 Å². The Bertz CT molecular complexity index is 2160. The van der Waals surface area contributed by atoms with E-state index in [1.54, 1.807) is 0 Å². The fraction of sp³-hybridized carbons (Fsp3) is 0.325. The number of fused-ring (bicyclic) bond motifs is 1. The largest absolute Gasteiger partial charge is 0.459 e. The molecule has 2 N–H and O–H groups in total. The van der Waals surface area contributed by atoms with Crippen LogP contribution < -0.4 is 19.9 Å². The molecule has 0 fully saturated rings. The van der Waals surface area contributed by atoms with Gasteiger partial charge in [0, 0.05) is 33.7 Å². The second-order valence-corrected chi connectivity index (χ2v) is 15.9. The van der Waals surface area contributed by atoms with Gasteiger partial charge in [-0.2, -0.15) is 0 Å². The maximum absolute atomic E-state index is 5.40. The highest BCUT2D eigenvalue weighted by Crippen LogP contribution is 2.62. The van der Waals surface area contributed by atoms with Crippen LogP contribution in [0.1, 0.15) is 106 Å². The van der Waals surface area contributed by atoms with Crippen molar-refractivity contribution in [2.24, 2.45) is 0 Å². The monoisotopic (exact) mass is 585 g/mol. The molecule has 3 aliphatic carbocycles. The first kappa shape index (κ1) is 24.1. The SMILES string of the molecule is CC1(C)CNC23c4c(cccc41)Cc1ccc4c(c12)C1c2c-4ccc4c2C2(NCC(C)(C)c5cccc(c52)C4)[n+]2ncc[n+]3c21. The van der Waals surface area contributed by atoms with Crippen molar-refractivity contribution >= 4 is 0 Å². The first-order valence-corrected chi connectivity index (χ1v) is 16.7. The molecule has 0 amide bonds. The number of hydrogen-bond acceptors (Lipinski definition) is 3. The molecule has 0 radical (unpaired) electrons. The maximum atomic E-state index is 5.40. The van der Waals surface area contributed by atoms with Crippen LogP contribution in [0.2, 0.25) is 0 Å². The molecule has 5 heteroatoms. The van der Waals surface area contributed by atoms with Gasteiger partial charge in [0.15, 0.2) is 12.1 Å². The van der Waals surface area contributed by atoms with E-state index in [4.69, 9.17) is 5.10 Å². The summed E-state index contributed by atoms with van der Waals surface area (Å²) in [5, 5.41) is 13.9. The maximum Gasteiger partial charge on any atom is 0.459 e. The highest BCUT2D eigenvalue weighted by molar-refractivity contribution is 5.87. The average molecular weight is 586 g/mol. The van der Waals surface area contributed by atoms with E-state index in [0.29, 0.717) is 0 Å². The summed E-state index contributed by atoms with van der Waals surface area (Å²) in [6.07, 6.45) is 6.30. The zero-order valence-corrected chi connectivity index (χ0v) is 26.2. The molecule has 218 valence electrons. The van der Waals surface area contributed by atoms with Crippen LogP contribution in [0.3, 0.4) is 0 Å². The summed E-state index contributed by atoms with van der Waals surface area (Å²) in [5.74, 6) is 1.44. The van der Waals surface area contributed by atoms with Gasteiger partial charge in [-0.1, -0.05) is 88.4 Å². The smallest absolute Gasteiger partial charge is 0.247 e. The number of rotatable bonds is 0. The Labute approximate surface area is 263 Å². The quantitative estimate of drug-likeness (QED) is 0.258. The minimum absolute atomic E-state index is 0.0168. The number of hydrogen-bond donors (Lipinski definition) is 2. The lowest BCUT2D eigenvalue weighted by Gasteiger charge is -2.50. The van der Waals surface area contributed by atoms with Gasteiger partial charge < -0.3 is 0 Å². The Balaban J connectivity index is 1.31. The van der Waals surface area contributed by atoms with Crippen LogP contribution in [0.4, 0.5) is 0 Å². The topological polar surface area (TPSA) is 44.7 Å². The molecule has 45 heavy (non-hydrogen) atoms. The lowest BCUT2D eigenvalue weighted by atomic mass is 9.61. The van der Waals surface area contributed by atoms with E-state index in [9.17, 15) is 0 Å². The van der Waals surface area contributed by atoms with Crippen molar-refractivity contribution in [3.8, 4) is 11.1 Å². The third-order valence-corrected chi connectivity index (χ3v) is 12.9. The van der Waals surface area contributed by atoms with Gasteiger partial charge in [-0.3, -0.25) is 0 Å². The Morgan fingerprint density at radius 3 is 1.80 bits per heavy atom. The van der Waals surface area contributed by atoms with Gasteiger partial charge in [-0.05, 0) is 68.5 Å². The Morgan fingerprint density at radius 2 is 1.18 bits per heavy atom. The summed E-state index contributed by atoms with van der Waals surface area (Å²) in [4.78, 5) is 0. The highest BCUT2D eigenvalue weighted by Gasteiger charge is 2.72. The van der Waals surface area contributed by atoms with Gasteiger partial charge in [-0.25, -0.2) is 10.6 Å². The molecule has 3 unspecified atom stereocenters. The Kier molecular flexibility index (Phi) is 3.73. The minimum Gasteiger partial charge on any atom is -0.247 e. The normalized spacial score (nSPS) is 27.8. The summed E-state index contributed by atoms with van der Waals surface area (Å²) >= 11 is 0. The van der Waals surface area contributed by atoms with Gasteiger partial charge in [0.05, 0.1) is 22.3 Å². The van der Waals surface area contributed by atoms with Crippen LogP contribution >= 0.6 is 0 Å². The molecule has 0 saturated carbocycles. The van der Waals surface area contributed by atoms with E-state index in [0.717, 1.165) is 25.9 Å². The van der Waals surface area contributed by atoms with Crippen LogP contribution in [-0.2, 0) is 35.0 Å². The van der Waals surface area contributed by atoms with Crippen molar-refractivity contribution in [1.29, 1.82) is 0 Å². The predicted octanol–water partition coefficient (Wildman–Crippen LogP) is 4.51. The molecule has 5 nitrogen and oxygen atoms in total. The molecule has 12 rings (SSSR count). The number of aromatic nitrogens is 3. The van der Waals surface area contributed by atoms with Crippen LogP contribution in [0.15, 0.2) is 73.1 Å². The lowest BCUT2D eigenvalue weighted by molar-refractivity contribution is -0.914. The van der Waals surface area contributed by atoms with Gasteiger partial charge in [-0.15, -0.1) is 4.57 Å². The predicted molar refractivity (Wildman–Crippen MR) is 170 cm³/mol. The van der Waals surface area contributed by atoms with Crippen molar-refractivity contribution in [2.75, 3.05) is 13.1 Å². The van der Waals surface area contributed by atoms with Crippen LogP contribution in [-0.4, -0.2) is 18.2 Å². The zero-order chi connectivity index (χ0) is 29.8. The summed E-state index contributed by atoms with van der Waals surface area (Å²) < 4.78 is 5.08. The van der Waals surface area contributed by atoms with Gasteiger partial charge in [0.1, 0.15) is 0 Å². The molecule has 7 aliphatic rings. The van der Waals surface area contributed by atoms with Crippen molar-refractivity contribution in [3.05, 3.63) is 146 Å². The highest BCUT2D eigenvalue weighted by atomic mass is 15.5. The van der Waals surface area contributed by atoms with Crippen molar-refractivity contribution in [2.45, 2.75) is 68.6 Å². The Hall–Kier alpha value is -4.19. The summed E-state index contributed by atoms with van der Waals surface area (Å²) in [6, 6.07) is 23.9. The zero-order valence-electron chi connectivity index (χ0n) is 26.2. The molecule has 1 aromatic heterocycles. The third kappa shape index (κ3) is 2.29. The Morgan fingerprint density at radius 1 is 0.644 bits per heavy atom. The lowest BCUT2D eigenvalue weighted by Crippen LogP contribution is -2.83. The molecule has 0 bridgehead atoms. The molecule has 5 aromatic rings. The molecular weight excluding hydrogens is 550 g/mol. The van der Waals surface area contributed by atoms with Crippen LogP contribution in [0.25, 0.3) is 11.1 Å². The first-order valence-electron chi connectivity index (χ1n) is 16.7. The average Bonchev–Trinajstić information content (AvgIpc) is 3.38. The molecule has 4 aliphatic heterocycles. The fourth-order valence-corrected chi connectivity index (χ4v) is 11.1. The van der Waals surface area contributed by atoms with E-state index < -0.39 is 11.3 Å². The van der Waals surface area contributed by atoms with Gasteiger partial charge in [0.25, 0.3) is 5.66 Å². The first-order chi connectivity index (χ1) is 21.8. The van der Waals surface area contributed by atoms with Crippen LogP contribution in [0.5, 0.6) is 0 Å². The summed E-state index contributed by atoms with van der Waals surface area (Å²) in [6.45, 7) is 11.4. The third-order valence-electron chi connectivity index (χ3n) is 12.9. The van der Waals surface area contributed by atoms with Gasteiger partial charge in [0.2, 0.25) is 6.20 Å². The summed E-state index contributed by atoms with van der Waals surface area (Å²) in [7, 11) is 0. The van der Waals surface area contributed by atoms with Crippen molar-refractivity contribution in [3.63, 3.8) is 0 Å². The second-order valence-electron chi connectivity index (χ2n) is 15.9. The number of benzene rings is 4. The molecular formula is C40H35N5+2. The fourth-order valence-electron chi connectivity index (χ4n) is 11.1. The molecule has 2 spiro atoms.